The number of amides is 1. The number of carbonyl (C=O) groups excluding carboxylic acids is 2. The van der Waals surface area contributed by atoms with Crippen LogP contribution in [0.4, 0.5) is 0 Å². The molecule has 1 amide bonds. The number of allylic oxidation sites excluding steroid dienone is 13. The van der Waals surface area contributed by atoms with Crippen LogP contribution in [0.3, 0.4) is 0 Å². The summed E-state index contributed by atoms with van der Waals surface area (Å²) in [6.07, 6.45) is 65.4. The standard InChI is InChI=1S/C61H109N2O7P/c1-7-10-13-16-19-22-25-27-29-30-31-32-34-36-39-42-45-48-51-54-61(65)70-59(52-49-46-43-40-37-24-21-18-15-12-9-3)58(57-69-71(66,67)68-56-55-63(4,5)6)62-60(64)53-50-47-44-41-38-35-33-28-26-23-20-17-14-11-8-2/h11,14,17,19-20,22-23,26-27,29,31-32,49,52,58-59H,7-10,12-13,15-16,18,21,24-25,28,30,33-48,50-51,53-57H2,1-6H3,(H-,62,64,66,67)/b14-11+,20-17+,22-19-,26-23+,29-27-,32-31-,52-49+. The zero-order valence-corrected chi connectivity index (χ0v) is 47.5. The lowest BCUT2D eigenvalue weighted by Crippen LogP contribution is -2.47. The van der Waals surface area contributed by atoms with Gasteiger partial charge < -0.3 is 28.5 Å². The van der Waals surface area contributed by atoms with Crippen LogP contribution in [-0.2, 0) is 27.9 Å². The Balaban J connectivity index is 5.33. The molecule has 410 valence electrons. The molecule has 0 fully saturated rings. The van der Waals surface area contributed by atoms with Crippen molar-refractivity contribution in [1.82, 2.24) is 5.32 Å². The number of phosphoric acid groups is 1. The molecule has 0 bridgehead atoms. The van der Waals surface area contributed by atoms with Crippen molar-refractivity contribution in [2.75, 3.05) is 40.9 Å². The number of quaternary nitrogens is 1. The monoisotopic (exact) mass is 1010 g/mol. The maximum absolute atomic E-state index is 13.5. The zero-order valence-electron chi connectivity index (χ0n) is 46.7. The Morgan fingerprint density at radius 2 is 0.958 bits per heavy atom. The van der Waals surface area contributed by atoms with Gasteiger partial charge in [0.1, 0.15) is 19.3 Å². The number of nitrogens with one attached hydrogen (secondary N) is 1. The average Bonchev–Trinajstić information content (AvgIpc) is 3.33. The van der Waals surface area contributed by atoms with Crippen LogP contribution in [0, 0.1) is 0 Å². The molecule has 0 aliphatic heterocycles. The van der Waals surface area contributed by atoms with E-state index < -0.39 is 26.6 Å². The molecule has 71 heavy (non-hydrogen) atoms. The van der Waals surface area contributed by atoms with Crippen LogP contribution in [0.15, 0.2) is 85.1 Å². The first kappa shape index (κ1) is 68.2. The van der Waals surface area contributed by atoms with E-state index in [1.54, 1.807) is 0 Å². The highest BCUT2D eigenvalue weighted by atomic mass is 31.2. The van der Waals surface area contributed by atoms with Gasteiger partial charge in [-0.25, -0.2) is 0 Å². The molecule has 0 saturated carbocycles. The number of esters is 1. The van der Waals surface area contributed by atoms with Gasteiger partial charge in [-0.3, -0.25) is 14.2 Å². The maximum Gasteiger partial charge on any atom is 0.306 e. The summed E-state index contributed by atoms with van der Waals surface area (Å²) in [5.74, 6) is -0.574. The molecule has 0 radical (unpaired) electrons. The Kier molecular flexibility index (Phi) is 48.7. The molecule has 0 spiro atoms. The number of unbranched alkanes of at least 4 members (excludes halogenated alkanes) is 25. The van der Waals surface area contributed by atoms with E-state index in [9.17, 15) is 19.0 Å². The molecular formula is C61H109N2O7P. The minimum Gasteiger partial charge on any atom is -0.756 e. The summed E-state index contributed by atoms with van der Waals surface area (Å²) < 4.78 is 30.2. The fourth-order valence-corrected chi connectivity index (χ4v) is 8.60. The SMILES string of the molecule is CC/C=C/C=C/C=C/CCCCCCCCCC(=O)NC(COP(=O)([O-])OCC[N+](C)(C)C)C(/C=C/CCCCCCCCCCC)OC(=O)CCCCCCCC/C=C\C/C=C\C/C=C\CCCCC. The largest absolute Gasteiger partial charge is 0.756 e. The van der Waals surface area contributed by atoms with Gasteiger partial charge in [-0.2, -0.15) is 0 Å². The predicted molar refractivity (Wildman–Crippen MR) is 302 cm³/mol. The molecule has 0 rings (SSSR count). The third kappa shape index (κ3) is 51.9. The maximum atomic E-state index is 13.5. The molecular weight excluding hydrogens is 904 g/mol. The van der Waals surface area contributed by atoms with Gasteiger partial charge in [0.05, 0.1) is 33.8 Å². The van der Waals surface area contributed by atoms with Crippen LogP contribution >= 0.6 is 7.82 Å². The number of hydrogen-bond acceptors (Lipinski definition) is 7. The van der Waals surface area contributed by atoms with Gasteiger partial charge in [0.25, 0.3) is 7.82 Å². The highest BCUT2D eigenvalue weighted by molar-refractivity contribution is 7.45. The van der Waals surface area contributed by atoms with Gasteiger partial charge in [-0.1, -0.05) is 222 Å². The fraction of sp³-hybridized carbons (Fsp3) is 0.738. The van der Waals surface area contributed by atoms with Crippen molar-refractivity contribution in [3.8, 4) is 0 Å². The van der Waals surface area contributed by atoms with Crippen molar-refractivity contribution in [3.05, 3.63) is 85.1 Å². The molecule has 0 aromatic rings. The molecule has 0 aliphatic rings. The number of carbonyl (C=O) groups is 2. The smallest absolute Gasteiger partial charge is 0.306 e. The predicted octanol–water partition coefficient (Wildman–Crippen LogP) is 16.8. The second-order valence-electron chi connectivity index (χ2n) is 20.5. The molecule has 0 aromatic carbocycles. The lowest BCUT2D eigenvalue weighted by atomic mass is 10.1. The second-order valence-corrected chi connectivity index (χ2v) is 21.9. The normalized spacial score (nSPS) is 14.4. The highest BCUT2D eigenvalue weighted by Crippen LogP contribution is 2.38. The number of nitrogens with zero attached hydrogens (tertiary/aromatic N) is 1. The summed E-state index contributed by atoms with van der Waals surface area (Å²) in [5.41, 5.74) is 0. The van der Waals surface area contributed by atoms with Crippen molar-refractivity contribution in [1.29, 1.82) is 0 Å². The van der Waals surface area contributed by atoms with Crippen LogP contribution in [0.1, 0.15) is 239 Å². The second kappa shape index (κ2) is 50.7. The van der Waals surface area contributed by atoms with Crippen LogP contribution < -0.4 is 10.2 Å². The molecule has 0 saturated heterocycles. The lowest BCUT2D eigenvalue weighted by Gasteiger charge is -2.30. The van der Waals surface area contributed by atoms with Gasteiger partial charge in [0, 0.05) is 12.8 Å². The highest BCUT2D eigenvalue weighted by Gasteiger charge is 2.27. The summed E-state index contributed by atoms with van der Waals surface area (Å²) in [6, 6.07) is -0.903. The van der Waals surface area contributed by atoms with E-state index in [1.165, 1.54) is 89.9 Å². The summed E-state index contributed by atoms with van der Waals surface area (Å²) in [4.78, 5) is 39.8. The third-order valence-electron chi connectivity index (χ3n) is 12.4. The first-order valence-electron chi connectivity index (χ1n) is 28.9. The van der Waals surface area contributed by atoms with E-state index >= 15 is 0 Å². The minimum absolute atomic E-state index is 0.0309. The summed E-state index contributed by atoms with van der Waals surface area (Å²) in [5, 5.41) is 3.01. The summed E-state index contributed by atoms with van der Waals surface area (Å²) in [6.45, 7) is 6.65. The van der Waals surface area contributed by atoms with Crippen LogP contribution in [-0.4, -0.2) is 69.4 Å². The van der Waals surface area contributed by atoms with E-state index in [4.69, 9.17) is 13.8 Å². The first-order chi connectivity index (χ1) is 34.4. The van der Waals surface area contributed by atoms with Gasteiger partial charge in [-0.05, 0) is 89.5 Å². The Morgan fingerprint density at radius 3 is 1.49 bits per heavy atom. The Bertz CT molecular complexity index is 1490. The quantitative estimate of drug-likeness (QED) is 0.0161. The molecule has 0 aliphatic carbocycles. The van der Waals surface area contributed by atoms with Crippen LogP contribution in [0.5, 0.6) is 0 Å². The van der Waals surface area contributed by atoms with Gasteiger partial charge in [0.15, 0.2) is 0 Å². The first-order valence-corrected chi connectivity index (χ1v) is 30.4. The molecule has 3 unspecified atom stereocenters. The van der Waals surface area contributed by atoms with Crippen molar-refractivity contribution >= 4 is 19.7 Å². The zero-order chi connectivity index (χ0) is 52.2. The topological polar surface area (TPSA) is 114 Å². The summed E-state index contributed by atoms with van der Waals surface area (Å²) >= 11 is 0. The van der Waals surface area contributed by atoms with Crippen LogP contribution in [0.25, 0.3) is 0 Å². The number of hydrogen-bond donors (Lipinski definition) is 1. The van der Waals surface area contributed by atoms with Crippen LogP contribution in [0.2, 0.25) is 0 Å². The van der Waals surface area contributed by atoms with Gasteiger partial charge in [-0.15, -0.1) is 0 Å². The van der Waals surface area contributed by atoms with E-state index in [0.717, 1.165) is 109 Å². The number of phosphoric ester groups is 1. The van der Waals surface area contributed by atoms with E-state index in [1.807, 2.05) is 33.3 Å². The van der Waals surface area contributed by atoms with E-state index in [0.29, 0.717) is 23.9 Å². The number of ether oxygens (including phenoxy) is 1. The number of likely N-dealkylation sites (N-methyl/N-ethyl adjacent to an activating group) is 1. The summed E-state index contributed by atoms with van der Waals surface area (Å²) in [7, 11) is 1.16. The number of rotatable bonds is 51. The van der Waals surface area contributed by atoms with Crippen molar-refractivity contribution in [2.24, 2.45) is 0 Å². The average molecular weight is 1010 g/mol. The Labute approximate surface area is 437 Å². The fourth-order valence-electron chi connectivity index (χ4n) is 7.88. The molecule has 1 N–H and O–H groups in total. The van der Waals surface area contributed by atoms with E-state index in [-0.39, 0.29) is 24.9 Å². The molecule has 10 heteroatoms. The van der Waals surface area contributed by atoms with Gasteiger partial charge in [0.2, 0.25) is 5.91 Å². The van der Waals surface area contributed by atoms with Crippen molar-refractivity contribution in [3.63, 3.8) is 0 Å². The Morgan fingerprint density at radius 1 is 0.521 bits per heavy atom. The lowest BCUT2D eigenvalue weighted by molar-refractivity contribution is -0.870. The third-order valence-corrected chi connectivity index (χ3v) is 13.3. The van der Waals surface area contributed by atoms with Crippen molar-refractivity contribution < 1.29 is 37.3 Å². The molecule has 0 heterocycles. The Hall–Kier alpha value is -2.81. The van der Waals surface area contributed by atoms with Gasteiger partial charge >= 0.3 is 5.97 Å². The minimum atomic E-state index is -4.70. The van der Waals surface area contributed by atoms with E-state index in [2.05, 4.69) is 99.0 Å². The van der Waals surface area contributed by atoms with Crippen molar-refractivity contribution in [2.45, 2.75) is 251 Å². The molecule has 0 aromatic heterocycles. The molecule has 9 nitrogen and oxygen atoms in total. The molecule has 3 atom stereocenters.